The molecule has 0 amide bonds. The maximum Gasteiger partial charge on any atom is 0.339 e. The van der Waals surface area contributed by atoms with Gasteiger partial charge in [-0.1, -0.05) is 24.6 Å². The van der Waals surface area contributed by atoms with Crippen LogP contribution in [0, 0.1) is 12.8 Å². The van der Waals surface area contributed by atoms with Gasteiger partial charge >= 0.3 is 5.97 Å². The molecule has 0 spiro atoms. The number of aromatic amines is 1. The molecular weight excluding hydrogens is 434 g/mol. The number of aryl methyl sites for hydroxylation is 1. The predicted molar refractivity (Wildman–Crippen MR) is 123 cm³/mol. The number of carbonyl (C=O) groups is 1. The van der Waals surface area contributed by atoms with Crippen LogP contribution in [0.2, 0.25) is 5.02 Å². The quantitative estimate of drug-likeness (QED) is 0.683. The number of nitrogens with zero attached hydrogens (tertiary/aromatic N) is 2. The summed E-state index contributed by atoms with van der Waals surface area (Å²) in [5.74, 6) is -0.225. The molecule has 1 fully saturated rings. The number of carboxylic acid groups (broad SMARTS) is 1. The lowest BCUT2D eigenvalue weighted by atomic mass is 9.85. The van der Waals surface area contributed by atoms with E-state index in [-0.39, 0.29) is 28.6 Å². The molecule has 8 nitrogen and oxygen atoms in total. The lowest BCUT2D eigenvalue weighted by molar-refractivity contribution is 0.0588. The van der Waals surface area contributed by atoms with Crippen LogP contribution in [-0.2, 0) is 11.3 Å². The number of aromatic nitrogens is 2. The van der Waals surface area contributed by atoms with E-state index in [4.69, 9.17) is 21.1 Å². The number of halogens is 1. The summed E-state index contributed by atoms with van der Waals surface area (Å²) in [5.41, 5.74) is 2.33. The number of hydrogen-bond donors (Lipinski definition) is 2. The maximum atomic E-state index is 12.7. The van der Waals surface area contributed by atoms with Crippen molar-refractivity contribution >= 4 is 23.6 Å². The van der Waals surface area contributed by atoms with Crippen LogP contribution >= 0.6 is 11.6 Å². The van der Waals surface area contributed by atoms with Crippen molar-refractivity contribution in [2.45, 2.75) is 39.2 Å². The van der Waals surface area contributed by atoms with E-state index in [0.29, 0.717) is 48.4 Å². The number of ether oxygens (including phenoxy) is 2. The zero-order valence-corrected chi connectivity index (χ0v) is 19.2. The Hall–Kier alpha value is -2.71. The van der Waals surface area contributed by atoms with E-state index in [1.165, 1.54) is 7.11 Å². The van der Waals surface area contributed by atoms with Gasteiger partial charge in [0.05, 0.1) is 42.2 Å². The van der Waals surface area contributed by atoms with Crippen LogP contribution < -0.4 is 15.3 Å². The van der Waals surface area contributed by atoms with Crippen LogP contribution in [0.3, 0.4) is 0 Å². The Morgan fingerprint density at radius 1 is 1.41 bits per heavy atom. The molecule has 1 saturated heterocycles. The molecule has 0 saturated carbocycles. The lowest BCUT2D eigenvalue weighted by Gasteiger charge is -2.35. The third-order valence-electron chi connectivity index (χ3n) is 6.44. The average Bonchev–Trinajstić information content (AvgIpc) is 3.08. The molecule has 1 unspecified atom stereocenters. The molecule has 0 bridgehead atoms. The Balaban J connectivity index is 1.83. The highest BCUT2D eigenvalue weighted by Gasteiger charge is 2.35. The van der Waals surface area contributed by atoms with Crippen molar-refractivity contribution in [1.29, 1.82) is 0 Å². The lowest BCUT2D eigenvalue weighted by Crippen LogP contribution is -2.40. The smallest absolute Gasteiger partial charge is 0.339 e. The van der Waals surface area contributed by atoms with E-state index >= 15 is 0 Å². The second kappa shape index (κ2) is 9.03. The van der Waals surface area contributed by atoms with Crippen LogP contribution in [-0.4, -0.2) is 47.6 Å². The number of rotatable bonds is 6. The zero-order valence-electron chi connectivity index (χ0n) is 18.5. The van der Waals surface area contributed by atoms with Crippen LogP contribution in [0.25, 0.3) is 6.08 Å². The van der Waals surface area contributed by atoms with Crippen LogP contribution in [0.15, 0.2) is 16.9 Å². The standard InChI is InChI=1S/C23H28ClN3O5/c1-13-11-18(31-3)16(22(28)25-13)12-26-8-4-5-17-19(23(29)30)20(24)21(27(17)26)14(2)15-6-9-32-10-7-15/h4-5,11,14-15H,6-10,12H2,1-3H3,(H,25,28)(H,29,30). The first kappa shape index (κ1) is 22.5. The Bertz CT molecular complexity index is 1110. The first-order valence-corrected chi connectivity index (χ1v) is 11.1. The van der Waals surface area contributed by atoms with E-state index in [2.05, 4.69) is 11.9 Å². The largest absolute Gasteiger partial charge is 0.496 e. The summed E-state index contributed by atoms with van der Waals surface area (Å²) in [7, 11) is 1.53. The van der Waals surface area contributed by atoms with Crippen LogP contribution in [0.4, 0.5) is 0 Å². The van der Waals surface area contributed by atoms with Gasteiger partial charge in [-0.3, -0.25) is 9.47 Å². The predicted octanol–water partition coefficient (Wildman–Crippen LogP) is 3.54. The summed E-state index contributed by atoms with van der Waals surface area (Å²) < 4.78 is 12.9. The highest BCUT2D eigenvalue weighted by atomic mass is 35.5. The normalized spacial score (nSPS) is 17.3. The number of nitrogens with one attached hydrogen (secondary N) is 1. The fraction of sp³-hybridized carbons (Fsp3) is 0.478. The number of pyridine rings is 1. The monoisotopic (exact) mass is 461 g/mol. The van der Waals surface area contributed by atoms with Crippen LogP contribution in [0.1, 0.15) is 58.7 Å². The minimum atomic E-state index is -1.07. The number of H-pyrrole nitrogens is 1. The van der Waals surface area contributed by atoms with Crippen LogP contribution in [0.5, 0.6) is 5.75 Å². The summed E-state index contributed by atoms with van der Waals surface area (Å²) in [4.78, 5) is 27.7. The van der Waals surface area contributed by atoms with E-state index in [0.717, 1.165) is 18.5 Å². The van der Waals surface area contributed by atoms with Crippen molar-refractivity contribution in [2.75, 3.05) is 31.9 Å². The number of carboxylic acids is 1. The van der Waals surface area contributed by atoms with Crippen molar-refractivity contribution in [3.8, 4) is 5.75 Å². The highest BCUT2D eigenvalue weighted by molar-refractivity contribution is 6.34. The van der Waals surface area contributed by atoms with Crippen molar-refractivity contribution in [3.63, 3.8) is 0 Å². The number of hydrogen-bond acceptors (Lipinski definition) is 5. The highest BCUT2D eigenvalue weighted by Crippen LogP contribution is 2.41. The fourth-order valence-electron chi connectivity index (χ4n) is 4.77. The average molecular weight is 462 g/mol. The van der Waals surface area contributed by atoms with Gasteiger partial charge in [0.1, 0.15) is 11.3 Å². The maximum absolute atomic E-state index is 12.7. The minimum absolute atomic E-state index is 0.0189. The Labute approximate surface area is 191 Å². The third-order valence-corrected chi connectivity index (χ3v) is 6.82. The van der Waals surface area contributed by atoms with Gasteiger partial charge in [-0.05, 0) is 37.8 Å². The van der Waals surface area contributed by atoms with Gasteiger partial charge in [-0.2, -0.15) is 0 Å². The molecule has 4 heterocycles. The Kier molecular flexibility index (Phi) is 6.35. The molecule has 4 rings (SSSR count). The third kappa shape index (κ3) is 3.93. The van der Waals surface area contributed by atoms with Crippen molar-refractivity contribution in [2.24, 2.45) is 5.92 Å². The van der Waals surface area contributed by atoms with Crippen molar-refractivity contribution < 1.29 is 19.4 Å². The molecule has 2 N–H and O–H groups in total. The number of aromatic carboxylic acids is 1. The summed E-state index contributed by atoms with van der Waals surface area (Å²) in [6.45, 7) is 6.01. The molecule has 2 aromatic heterocycles. The molecule has 0 radical (unpaired) electrons. The van der Waals surface area contributed by atoms with Crippen molar-refractivity contribution in [3.05, 3.63) is 55.7 Å². The summed E-state index contributed by atoms with van der Waals surface area (Å²) >= 11 is 6.72. The van der Waals surface area contributed by atoms with E-state index in [9.17, 15) is 14.7 Å². The number of methoxy groups -OCH3 is 1. The summed E-state index contributed by atoms with van der Waals surface area (Å²) in [6, 6.07) is 1.79. The van der Waals surface area contributed by atoms with Gasteiger partial charge in [0.2, 0.25) is 0 Å². The summed E-state index contributed by atoms with van der Waals surface area (Å²) in [5, 5.41) is 12.1. The molecule has 2 aliphatic heterocycles. The van der Waals surface area contributed by atoms with Gasteiger partial charge in [0.15, 0.2) is 0 Å². The minimum Gasteiger partial charge on any atom is -0.496 e. The fourth-order valence-corrected chi connectivity index (χ4v) is 5.20. The van der Waals surface area contributed by atoms with E-state index in [1.54, 1.807) is 19.1 Å². The number of fused-ring (bicyclic) bond motifs is 1. The Morgan fingerprint density at radius 2 is 2.12 bits per heavy atom. The topological polar surface area (TPSA) is 96.8 Å². The van der Waals surface area contributed by atoms with E-state index in [1.807, 2.05) is 15.8 Å². The van der Waals surface area contributed by atoms with Gasteiger partial charge in [-0.15, -0.1) is 0 Å². The van der Waals surface area contributed by atoms with Gasteiger partial charge in [-0.25, -0.2) is 4.79 Å². The second-order valence-corrected chi connectivity index (χ2v) is 8.77. The van der Waals surface area contributed by atoms with Gasteiger partial charge in [0.25, 0.3) is 5.56 Å². The molecule has 9 heteroatoms. The second-order valence-electron chi connectivity index (χ2n) is 8.39. The Morgan fingerprint density at radius 3 is 2.78 bits per heavy atom. The first-order valence-electron chi connectivity index (χ1n) is 10.8. The molecule has 2 aliphatic rings. The van der Waals surface area contributed by atoms with Crippen molar-refractivity contribution in [1.82, 2.24) is 9.66 Å². The molecule has 0 aliphatic carbocycles. The van der Waals surface area contributed by atoms with Gasteiger partial charge < -0.3 is 24.6 Å². The molecule has 1 atom stereocenters. The SMILES string of the molecule is COc1cc(C)[nH]c(=O)c1CN1CC=Cc2c(C(=O)O)c(Cl)c(C(C)C3CCOCC3)n21. The molecule has 172 valence electrons. The zero-order chi connectivity index (χ0) is 23.0. The molecule has 0 aromatic carbocycles. The summed E-state index contributed by atoms with van der Waals surface area (Å²) in [6.07, 6.45) is 5.46. The molecule has 2 aromatic rings. The molecule has 32 heavy (non-hydrogen) atoms. The van der Waals surface area contributed by atoms with E-state index < -0.39 is 5.97 Å². The van der Waals surface area contributed by atoms with Gasteiger partial charge in [0, 0.05) is 24.8 Å². The first-order chi connectivity index (χ1) is 15.3. The molecular formula is C23H28ClN3O5.